The quantitative estimate of drug-likeness (QED) is 0.559. The number of allylic oxidation sites excluding steroid dienone is 3. The third-order valence-electron chi connectivity index (χ3n) is 1.22. The van der Waals surface area contributed by atoms with Crippen LogP contribution in [0.2, 0.25) is 0 Å². The minimum Gasteiger partial charge on any atom is -0.382 e. The number of nitrogens with one attached hydrogen (secondary N) is 1. The summed E-state index contributed by atoms with van der Waals surface area (Å²) in [5.41, 5.74) is 1.22. The lowest BCUT2D eigenvalue weighted by atomic mass is 10.4. The van der Waals surface area contributed by atoms with E-state index < -0.39 is 0 Å². The van der Waals surface area contributed by atoms with Crippen molar-refractivity contribution in [2.24, 2.45) is 0 Å². The second-order valence-electron chi connectivity index (χ2n) is 1.97. The van der Waals surface area contributed by atoms with Gasteiger partial charge < -0.3 is 5.32 Å². The van der Waals surface area contributed by atoms with Crippen molar-refractivity contribution in [2.45, 2.75) is 6.42 Å². The van der Waals surface area contributed by atoms with Gasteiger partial charge in [0.05, 0.1) is 0 Å². The van der Waals surface area contributed by atoms with E-state index in [1.807, 2.05) is 6.08 Å². The summed E-state index contributed by atoms with van der Waals surface area (Å²) in [6, 6.07) is 0. The molecule has 0 unspecified atom stereocenters. The minimum absolute atomic E-state index is 0.857. The molecule has 0 fully saturated rings. The van der Waals surface area contributed by atoms with Crippen molar-refractivity contribution in [3.8, 4) is 0 Å². The monoisotopic (exact) mass is 121 g/mol. The topological polar surface area (TPSA) is 12.0 Å². The van der Waals surface area contributed by atoms with Crippen molar-refractivity contribution in [1.82, 2.24) is 5.32 Å². The van der Waals surface area contributed by atoms with Crippen molar-refractivity contribution in [3.63, 3.8) is 0 Å². The third kappa shape index (κ3) is 1.76. The molecule has 1 aliphatic carbocycles. The van der Waals surface area contributed by atoms with Crippen LogP contribution in [0.25, 0.3) is 0 Å². The maximum Gasteiger partial charge on any atom is 0.0328 e. The Hall–Kier alpha value is -0.980. The average Bonchev–Trinajstić information content (AvgIpc) is 2.34. The molecule has 0 amide bonds. The first-order valence-electron chi connectivity index (χ1n) is 3.15. The molecule has 0 radical (unpaired) electrons. The van der Waals surface area contributed by atoms with Gasteiger partial charge in [-0.3, -0.25) is 0 Å². The van der Waals surface area contributed by atoms with Gasteiger partial charge >= 0.3 is 0 Å². The van der Waals surface area contributed by atoms with Gasteiger partial charge in [-0.1, -0.05) is 18.2 Å². The summed E-state index contributed by atoms with van der Waals surface area (Å²) in [6.07, 6.45) is 9.30. The second-order valence-corrected chi connectivity index (χ2v) is 1.97. The van der Waals surface area contributed by atoms with Gasteiger partial charge in [0.15, 0.2) is 0 Å². The number of rotatable bonds is 3. The molecule has 0 aliphatic heterocycles. The summed E-state index contributed by atoms with van der Waals surface area (Å²) in [4.78, 5) is 0. The molecule has 48 valence electrons. The van der Waals surface area contributed by atoms with Crippen LogP contribution in [-0.2, 0) is 0 Å². The SMILES string of the molecule is C=CCNC1=CCC=C1. The lowest BCUT2D eigenvalue weighted by molar-refractivity contribution is 0.938. The van der Waals surface area contributed by atoms with Gasteiger partial charge in [-0.2, -0.15) is 0 Å². The molecule has 0 spiro atoms. The van der Waals surface area contributed by atoms with E-state index in [1.165, 1.54) is 5.70 Å². The van der Waals surface area contributed by atoms with Crippen molar-refractivity contribution in [2.75, 3.05) is 6.54 Å². The van der Waals surface area contributed by atoms with Gasteiger partial charge in [0.1, 0.15) is 0 Å². The van der Waals surface area contributed by atoms with Crippen LogP contribution in [0.4, 0.5) is 0 Å². The Morgan fingerprint density at radius 2 is 2.67 bits per heavy atom. The molecule has 0 bridgehead atoms. The summed E-state index contributed by atoms with van der Waals surface area (Å²) in [6.45, 7) is 4.47. The first kappa shape index (κ1) is 6.14. The van der Waals surface area contributed by atoms with E-state index in [9.17, 15) is 0 Å². The largest absolute Gasteiger partial charge is 0.382 e. The first-order valence-corrected chi connectivity index (χ1v) is 3.15. The Kier molecular flexibility index (Phi) is 2.13. The average molecular weight is 121 g/mol. The van der Waals surface area contributed by atoms with Gasteiger partial charge in [0.25, 0.3) is 0 Å². The smallest absolute Gasteiger partial charge is 0.0328 e. The fourth-order valence-electron chi connectivity index (χ4n) is 0.779. The number of hydrogen-bond acceptors (Lipinski definition) is 1. The van der Waals surface area contributed by atoms with E-state index in [-0.39, 0.29) is 0 Å². The predicted octanol–water partition coefficient (Wildman–Crippen LogP) is 1.61. The molecular formula is C8H11N. The summed E-state index contributed by atoms with van der Waals surface area (Å²) >= 11 is 0. The summed E-state index contributed by atoms with van der Waals surface area (Å²) in [7, 11) is 0. The zero-order valence-corrected chi connectivity index (χ0v) is 5.43. The van der Waals surface area contributed by atoms with Crippen molar-refractivity contribution in [3.05, 3.63) is 36.6 Å². The molecular weight excluding hydrogens is 110 g/mol. The van der Waals surface area contributed by atoms with Gasteiger partial charge in [0, 0.05) is 12.2 Å². The Bertz CT molecular complexity index is 154. The summed E-state index contributed by atoms with van der Waals surface area (Å²) < 4.78 is 0. The molecule has 1 nitrogen and oxygen atoms in total. The molecule has 9 heavy (non-hydrogen) atoms. The minimum atomic E-state index is 0.857. The lowest BCUT2D eigenvalue weighted by Crippen LogP contribution is -2.09. The highest BCUT2D eigenvalue weighted by molar-refractivity contribution is 5.24. The van der Waals surface area contributed by atoms with Crippen LogP contribution < -0.4 is 5.32 Å². The van der Waals surface area contributed by atoms with E-state index >= 15 is 0 Å². The molecule has 0 heterocycles. The van der Waals surface area contributed by atoms with Gasteiger partial charge in [-0.25, -0.2) is 0 Å². The fourth-order valence-corrected chi connectivity index (χ4v) is 0.779. The Balaban J connectivity index is 2.27. The maximum absolute atomic E-state index is 3.61. The van der Waals surface area contributed by atoms with E-state index in [1.54, 1.807) is 0 Å². The maximum atomic E-state index is 3.61. The van der Waals surface area contributed by atoms with Crippen molar-refractivity contribution < 1.29 is 0 Å². The standard InChI is InChI=1S/C8H11N/c1-2-7-9-8-5-3-4-6-8/h2-3,5-6,9H,1,4,7H2. The zero-order chi connectivity index (χ0) is 6.53. The highest BCUT2D eigenvalue weighted by atomic mass is 14.9. The molecule has 1 heteroatoms. The Morgan fingerprint density at radius 1 is 1.78 bits per heavy atom. The van der Waals surface area contributed by atoms with Gasteiger partial charge in [0.2, 0.25) is 0 Å². The highest BCUT2D eigenvalue weighted by Crippen LogP contribution is 2.03. The van der Waals surface area contributed by atoms with Crippen LogP contribution in [0.15, 0.2) is 36.6 Å². The molecule has 0 aromatic carbocycles. The van der Waals surface area contributed by atoms with E-state index in [0.717, 1.165) is 13.0 Å². The van der Waals surface area contributed by atoms with Crippen LogP contribution in [-0.4, -0.2) is 6.54 Å². The Labute approximate surface area is 55.8 Å². The second kappa shape index (κ2) is 3.13. The highest BCUT2D eigenvalue weighted by Gasteiger charge is 1.92. The van der Waals surface area contributed by atoms with E-state index in [2.05, 4.69) is 30.1 Å². The molecule has 1 N–H and O–H groups in total. The van der Waals surface area contributed by atoms with Crippen LogP contribution >= 0.6 is 0 Å². The molecule has 0 aromatic heterocycles. The molecule has 1 rings (SSSR count). The summed E-state index contributed by atoms with van der Waals surface area (Å²) in [5.74, 6) is 0. The molecule has 1 aliphatic rings. The third-order valence-corrected chi connectivity index (χ3v) is 1.22. The zero-order valence-electron chi connectivity index (χ0n) is 5.43. The normalized spacial score (nSPS) is 15.3. The van der Waals surface area contributed by atoms with Crippen LogP contribution in [0.3, 0.4) is 0 Å². The summed E-state index contributed by atoms with van der Waals surface area (Å²) in [5, 5.41) is 3.19. The molecule has 0 atom stereocenters. The molecule has 0 saturated carbocycles. The predicted molar refractivity (Wildman–Crippen MR) is 40.0 cm³/mol. The number of hydrogen-bond donors (Lipinski definition) is 1. The van der Waals surface area contributed by atoms with E-state index in [4.69, 9.17) is 0 Å². The van der Waals surface area contributed by atoms with Crippen LogP contribution in [0, 0.1) is 0 Å². The molecule has 0 aromatic rings. The van der Waals surface area contributed by atoms with Crippen LogP contribution in [0.5, 0.6) is 0 Å². The lowest BCUT2D eigenvalue weighted by Gasteiger charge is -1.98. The van der Waals surface area contributed by atoms with Gasteiger partial charge in [-0.15, -0.1) is 6.58 Å². The first-order chi connectivity index (χ1) is 4.43. The van der Waals surface area contributed by atoms with Gasteiger partial charge in [-0.05, 0) is 12.5 Å². The van der Waals surface area contributed by atoms with Crippen molar-refractivity contribution in [1.29, 1.82) is 0 Å². The van der Waals surface area contributed by atoms with E-state index in [0.29, 0.717) is 0 Å². The van der Waals surface area contributed by atoms with Crippen LogP contribution in [0.1, 0.15) is 6.42 Å². The fraction of sp³-hybridized carbons (Fsp3) is 0.250. The Morgan fingerprint density at radius 3 is 3.22 bits per heavy atom. The van der Waals surface area contributed by atoms with Crippen molar-refractivity contribution >= 4 is 0 Å². The molecule has 0 saturated heterocycles.